The first-order valence-electron chi connectivity index (χ1n) is 6.75. The zero-order valence-electron chi connectivity index (χ0n) is 11.7. The molecular formula is C14H16N4O3. The van der Waals surface area contributed by atoms with Crippen molar-refractivity contribution in [2.45, 2.75) is 25.3 Å². The van der Waals surface area contributed by atoms with Crippen LogP contribution in [0.15, 0.2) is 18.2 Å². The summed E-state index contributed by atoms with van der Waals surface area (Å²) in [5.41, 5.74) is 0.681. The van der Waals surface area contributed by atoms with Crippen LogP contribution in [0.2, 0.25) is 0 Å². The standard InChI is InChI=1S/C14H16N4O3/c1-16-14(19)13-4-2-3-7-17(13)12-6-5-11(18(20)21)8-10(12)9-15/h5-6,8,13H,2-4,7H2,1H3,(H,16,19). The van der Waals surface area contributed by atoms with E-state index in [1.165, 1.54) is 12.1 Å². The van der Waals surface area contributed by atoms with E-state index < -0.39 is 4.92 Å². The normalized spacial score (nSPS) is 17.9. The number of non-ortho nitro benzene ring substituents is 1. The third-order valence-corrected chi connectivity index (χ3v) is 3.67. The number of hydrogen-bond donors (Lipinski definition) is 1. The van der Waals surface area contributed by atoms with Gasteiger partial charge in [0.05, 0.1) is 16.2 Å². The molecule has 2 rings (SSSR count). The van der Waals surface area contributed by atoms with Crippen molar-refractivity contribution in [1.82, 2.24) is 5.32 Å². The number of likely N-dealkylation sites (N-methyl/N-ethyl adjacent to an activating group) is 1. The van der Waals surface area contributed by atoms with Crippen molar-refractivity contribution >= 4 is 17.3 Å². The molecule has 1 aliphatic heterocycles. The van der Waals surface area contributed by atoms with E-state index in [2.05, 4.69) is 5.32 Å². The Labute approximate surface area is 122 Å². The fraction of sp³-hybridized carbons (Fsp3) is 0.429. The molecule has 21 heavy (non-hydrogen) atoms. The molecule has 1 unspecified atom stereocenters. The van der Waals surface area contributed by atoms with Gasteiger partial charge in [0.1, 0.15) is 12.1 Å². The zero-order valence-corrected chi connectivity index (χ0v) is 11.7. The number of piperidine rings is 1. The Hall–Kier alpha value is -2.62. The summed E-state index contributed by atoms with van der Waals surface area (Å²) in [4.78, 5) is 24.1. The number of nitrogens with zero attached hydrogens (tertiary/aromatic N) is 3. The molecule has 110 valence electrons. The van der Waals surface area contributed by atoms with Crippen LogP contribution in [0.1, 0.15) is 24.8 Å². The number of nitro groups is 1. The monoisotopic (exact) mass is 288 g/mol. The molecule has 1 aromatic carbocycles. The summed E-state index contributed by atoms with van der Waals surface area (Å²) in [5, 5.41) is 22.7. The van der Waals surface area contributed by atoms with E-state index in [-0.39, 0.29) is 23.2 Å². The van der Waals surface area contributed by atoms with E-state index in [1.54, 1.807) is 13.1 Å². The van der Waals surface area contributed by atoms with Gasteiger partial charge in [-0.25, -0.2) is 0 Å². The SMILES string of the molecule is CNC(=O)C1CCCCN1c1ccc([N+](=O)[O-])cc1C#N. The van der Waals surface area contributed by atoms with Crippen LogP contribution >= 0.6 is 0 Å². The number of carbonyl (C=O) groups excluding carboxylic acids is 1. The first kappa shape index (κ1) is 14.8. The first-order valence-corrected chi connectivity index (χ1v) is 6.75. The highest BCUT2D eigenvalue weighted by molar-refractivity contribution is 5.86. The average molecular weight is 288 g/mol. The molecule has 1 amide bonds. The molecule has 1 aliphatic rings. The highest BCUT2D eigenvalue weighted by atomic mass is 16.6. The molecule has 0 aliphatic carbocycles. The van der Waals surface area contributed by atoms with Gasteiger partial charge in [-0.1, -0.05) is 0 Å². The third kappa shape index (κ3) is 2.94. The Kier molecular flexibility index (Phi) is 4.38. The summed E-state index contributed by atoms with van der Waals surface area (Å²) in [6.07, 6.45) is 2.58. The summed E-state index contributed by atoms with van der Waals surface area (Å²) in [6, 6.07) is 5.83. The highest BCUT2D eigenvalue weighted by Gasteiger charge is 2.30. The molecule has 7 heteroatoms. The molecule has 0 radical (unpaired) electrons. The smallest absolute Gasteiger partial charge is 0.270 e. The number of rotatable bonds is 3. The summed E-state index contributed by atoms with van der Waals surface area (Å²) in [7, 11) is 1.58. The topological polar surface area (TPSA) is 99.3 Å². The summed E-state index contributed by atoms with van der Waals surface area (Å²) >= 11 is 0. The number of nitriles is 1. The minimum atomic E-state index is -0.531. The molecule has 0 spiro atoms. The predicted octanol–water partition coefficient (Wildman–Crippen LogP) is 1.57. The van der Waals surface area contributed by atoms with Crippen LogP contribution in [0.25, 0.3) is 0 Å². The molecule has 1 fully saturated rings. The molecule has 0 bridgehead atoms. The van der Waals surface area contributed by atoms with Crippen molar-refractivity contribution in [3.05, 3.63) is 33.9 Å². The van der Waals surface area contributed by atoms with Crippen LogP contribution < -0.4 is 10.2 Å². The Morgan fingerprint density at radius 1 is 1.52 bits per heavy atom. The predicted molar refractivity (Wildman–Crippen MR) is 76.9 cm³/mol. The lowest BCUT2D eigenvalue weighted by molar-refractivity contribution is -0.384. The van der Waals surface area contributed by atoms with Crippen LogP contribution in [0.3, 0.4) is 0 Å². The van der Waals surface area contributed by atoms with Crippen molar-refractivity contribution < 1.29 is 9.72 Å². The van der Waals surface area contributed by atoms with Crippen LogP contribution in [0.4, 0.5) is 11.4 Å². The van der Waals surface area contributed by atoms with Gasteiger partial charge in [0.2, 0.25) is 5.91 Å². The zero-order chi connectivity index (χ0) is 15.4. The van der Waals surface area contributed by atoms with Gasteiger partial charge in [0, 0.05) is 25.7 Å². The molecular weight excluding hydrogens is 272 g/mol. The first-order chi connectivity index (χ1) is 10.1. The minimum absolute atomic E-state index is 0.100. The van der Waals surface area contributed by atoms with Gasteiger partial charge in [0.15, 0.2) is 0 Å². The number of carbonyl (C=O) groups is 1. The number of anilines is 1. The van der Waals surface area contributed by atoms with Crippen LogP contribution in [0, 0.1) is 21.4 Å². The van der Waals surface area contributed by atoms with E-state index in [1.807, 2.05) is 11.0 Å². The van der Waals surface area contributed by atoms with E-state index in [4.69, 9.17) is 0 Å². The highest BCUT2D eigenvalue weighted by Crippen LogP contribution is 2.30. The lowest BCUT2D eigenvalue weighted by atomic mass is 9.99. The van der Waals surface area contributed by atoms with E-state index >= 15 is 0 Å². The maximum atomic E-state index is 12.0. The largest absolute Gasteiger partial charge is 0.358 e. The van der Waals surface area contributed by atoms with E-state index in [0.717, 1.165) is 12.8 Å². The lowest BCUT2D eigenvalue weighted by Gasteiger charge is -2.36. The number of nitro benzene ring substituents is 1. The molecule has 1 heterocycles. The maximum absolute atomic E-state index is 12.0. The van der Waals surface area contributed by atoms with Crippen molar-refractivity contribution in [2.24, 2.45) is 0 Å². The summed E-state index contributed by atoms with van der Waals surface area (Å²) in [5.74, 6) is -0.100. The number of benzene rings is 1. The summed E-state index contributed by atoms with van der Waals surface area (Å²) < 4.78 is 0. The van der Waals surface area contributed by atoms with Crippen LogP contribution in [-0.4, -0.2) is 30.5 Å². The third-order valence-electron chi connectivity index (χ3n) is 3.67. The van der Waals surface area contributed by atoms with Gasteiger partial charge in [-0.05, 0) is 25.3 Å². The van der Waals surface area contributed by atoms with Gasteiger partial charge in [-0.2, -0.15) is 5.26 Å². The minimum Gasteiger partial charge on any atom is -0.358 e. The van der Waals surface area contributed by atoms with Crippen molar-refractivity contribution in [1.29, 1.82) is 5.26 Å². The van der Waals surface area contributed by atoms with Gasteiger partial charge < -0.3 is 10.2 Å². The Bertz CT molecular complexity index is 609. The molecule has 1 saturated heterocycles. The fourth-order valence-electron chi connectivity index (χ4n) is 2.64. The quantitative estimate of drug-likeness (QED) is 0.672. The lowest BCUT2D eigenvalue weighted by Crippen LogP contribution is -2.49. The Morgan fingerprint density at radius 3 is 2.90 bits per heavy atom. The summed E-state index contributed by atoms with van der Waals surface area (Å²) in [6.45, 7) is 0.657. The van der Waals surface area contributed by atoms with Crippen molar-refractivity contribution in [3.63, 3.8) is 0 Å². The number of hydrogen-bond acceptors (Lipinski definition) is 5. The Morgan fingerprint density at radius 2 is 2.29 bits per heavy atom. The molecule has 7 nitrogen and oxygen atoms in total. The van der Waals surface area contributed by atoms with Crippen LogP contribution in [-0.2, 0) is 4.79 Å². The molecule has 1 aromatic rings. The number of nitrogens with one attached hydrogen (secondary N) is 1. The molecule has 0 aromatic heterocycles. The molecule has 1 N–H and O–H groups in total. The second-order valence-corrected chi connectivity index (χ2v) is 4.89. The van der Waals surface area contributed by atoms with Gasteiger partial charge in [-0.3, -0.25) is 14.9 Å². The van der Waals surface area contributed by atoms with Gasteiger partial charge in [-0.15, -0.1) is 0 Å². The van der Waals surface area contributed by atoms with Crippen molar-refractivity contribution in [3.8, 4) is 6.07 Å². The Balaban J connectivity index is 2.41. The molecule has 1 atom stereocenters. The van der Waals surface area contributed by atoms with E-state index in [9.17, 15) is 20.2 Å². The average Bonchev–Trinajstić information content (AvgIpc) is 2.53. The van der Waals surface area contributed by atoms with Gasteiger partial charge >= 0.3 is 0 Å². The van der Waals surface area contributed by atoms with Gasteiger partial charge in [0.25, 0.3) is 5.69 Å². The number of amides is 1. The maximum Gasteiger partial charge on any atom is 0.270 e. The van der Waals surface area contributed by atoms with Crippen molar-refractivity contribution in [2.75, 3.05) is 18.5 Å². The second kappa shape index (κ2) is 6.22. The second-order valence-electron chi connectivity index (χ2n) is 4.89. The fourth-order valence-corrected chi connectivity index (χ4v) is 2.64. The van der Waals surface area contributed by atoms with Crippen LogP contribution in [0.5, 0.6) is 0 Å². The van der Waals surface area contributed by atoms with E-state index in [0.29, 0.717) is 18.7 Å². The molecule has 0 saturated carbocycles.